The van der Waals surface area contributed by atoms with Crippen molar-refractivity contribution in [3.05, 3.63) is 70.7 Å². The third-order valence-corrected chi connectivity index (χ3v) is 7.57. The Labute approximate surface area is 183 Å². The van der Waals surface area contributed by atoms with Gasteiger partial charge in [0.1, 0.15) is 17.1 Å². The molecule has 0 bridgehead atoms. The number of pyridine rings is 1. The lowest BCUT2D eigenvalue weighted by atomic mass is 10.2. The van der Waals surface area contributed by atoms with Crippen molar-refractivity contribution >= 4 is 41.1 Å². The summed E-state index contributed by atoms with van der Waals surface area (Å²) in [5, 5.41) is 6.13. The Morgan fingerprint density at radius 3 is 2.62 bits per heavy atom. The number of anilines is 1. The summed E-state index contributed by atoms with van der Waals surface area (Å²) < 4.78 is 5.28. The molecule has 1 aromatic carbocycles. The van der Waals surface area contributed by atoms with Crippen LogP contribution < -0.4 is 10.6 Å². The molecule has 3 heterocycles. The van der Waals surface area contributed by atoms with Gasteiger partial charge < -0.3 is 15.2 Å². The molecule has 8 heteroatoms. The minimum atomic E-state index is -0.154. The number of thioether (sulfide) groups is 2. The molecule has 150 valence electrons. The average molecular weight is 443 g/mol. The van der Waals surface area contributed by atoms with E-state index in [1.54, 1.807) is 35.3 Å². The Kier molecular flexibility index (Phi) is 6.24. The first kappa shape index (κ1) is 20.4. The van der Waals surface area contributed by atoms with Crippen molar-refractivity contribution in [3.63, 3.8) is 0 Å². The van der Waals surface area contributed by atoms with Crippen molar-refractivity contribution in [2.75, 3.05) is 4.90 Å². The third kappa shape index (κ3) is 4.50. The molecule has 0 fully saturated rings. The Bertz CT molecular complexity index is 1020. The molecular formula is C21H22N4OS3. The highest BCUT2D eigenvalue weighted by Crippen LogP contribution is 2.41. The molecule has 1 aliphatic heterocycles. The molecule has 4 rings (SSSR count). The fraction of sp³-hybridized carbons (Fsp3) is 0.238. The number of aryl methyl sites for hydroxylation is 2. The summed E-state index contributed by atoms with van der Waals surface area (Å²) >= 11 is 5.06. The minimum absolute atomic E-state index is 0.154. The van der Waals surface area contributed by atoms with Crippen LogP contribution in [0.3, 0.4) is 0 Å². The molecular weight excluding hydrogens is 420 g/mol. The number of benzene rings is 1. The zero-order chi connectivity index (χ0) is 20.4. The number of hydrogen-bond acceptors (Lipinski definition) is 8. The second-order valence-electron chi connectivity index (χ2n) is 6.66. The van der Waals surface area contributed by atoms with Crippen LogP contribution in [-0.4, -0.2) is 15.6 Å². The van der Waals surface area contributed by atoms with Gasteiger partial charge in [-0.3, -0.25) is 0 Å². The maximum absolute atomic E-state index is 6.32. The van der Waals surface area contributed by atoms with Crippen LogP contribution in [0.4, 0.5) is 5.82 Å². The van der Waals surface area contributed by atoms with Gasteiger partial charge in [-0.05, 0) is 44.4 Å². The van der Waals surface area contributed by atoms with Gasteiger partial charge in [0.2, 0.25) is 0 Å². The van der Waals surface area contributed by atoms with Crippen LogP contribution in [0.25, 0.3) is 0 Å². The van der Waals surface area contributed by atoms with Gasteiger partial charge in [0, 0.05) is 33.0 Å². The van der Waals surface area contributed by atoms with Crippen LogP contribution in [0.5, 0.6) is 0 Å². The van der Waals surface area contributed by atoms with E-state index in [1.807, 2.05) is 38.2 Å². The van der Waals surface area contributed by atoms with Crippen molar-refractivity contribution in [1.29, 1.82) is 0 Å². The Hall–Kier alpha value is -1.87. The van der Waals surface area contributed by atoms with Gasteiger partial charge in [-0.15, -0.1) is 11.8 Å². The van der Waals surface area contributed by atoms with Gasteiger partial charge in [-0.25, -0.2) is 4.98 Å². The maximum Gasteiger partial charge on any atom is 0.148 e. The van der Waals surface area contributed by atoms with E-state index in [4.69, 9.17) is 15.2 Å². The molecule has 5 nitrogen and oxygen atoms in total. The highest BCUT2D eigenvalue weighted by atomic mass is 32.2. The van der Waals surface area contributed by atoms with Crippen molar-refractivity contribution in [2.45, 2.75) is 46.7 Å². The van der Waals surface area contributed by atoms with Crippen LogP contribution in [0.2, 0.25) is 0 Å². The highest BCUT2D eigenvalue weighted by molar-refractivity contribution is 8.03. The number of allylic oxidation sites excluding steroid dienone is 1. The van der Waals surface area contributed by atoms with E-state index in [1.165, 1.54) is 4.90 Å². The monoisotopic (exact) mass is 442 g/mol. The lowest BCUT2D eigenvalue weighted by Gasteiger charge is -2.26. The molecule has 2 N–H and O–H groups in total. The third-order valence-electron chi connectivity index (χ3n) is 4.58. The van der Waals surface area contributed by atoms with Gasteiger partial charge in [0.25, 0.3) is 0 Å². The van der Waals surface area contributed by atoms with Crippen LogP contribution in [0.15, 0.2) is 72.9 Å². The Morgan fingerprint density at radius 2 is 1.97 bits per heavy atom. The van der Waals surface area contributed by atoms with E-state index in [0.717, 1.165) is 44.1 Å². The predicted molar refractivity (Wildman–Crippen MR) is 122 cm³/mol. The van der Waals surface area contributed by atoms with Crippen molar-refractivity contribution in [1.82, 2.24) is 10.1 Å². The fourth-order valence-corrected chi connectivity index (χ4v) is 5.95. The van der Waals surface area contributed by atoms with Gasteiger partial charge in [-0.1, -0.05) is 46.9 Å². The average Bonchev–Trinajstić information content (AvgIpc) is 3.22. The van der Waals surface area contributed by atoms with E-state index in [-0.39, 0.29) is 5.50 Å². The molecule has 0 radical (unpaired) electrons. The van der Waals surface area contributed by atoms with Crippen molar-refractivity contribution in [2.24, 2.45) is 5.73 Å². The number of nitrogens with zero attached hydrogens (tertiary/aromatic N) is 3. The lowest BCUT2D eigenvalue weighted by molar-refractivity contribution is 0.392. The molecule has 29 heavy (non-hydrogen) atoms. The van der Waals surface area contributed by atoms with E-state index in [2.05, 4.69) is 40.6 Å². The normalized spacial score (nSPS) is 16.3. The molecule has 0 spiro atoms. The minimum Gasteiger partial charge on any atom is -0.361 e. The number of hydrogen-bond donors (Lipinski definition) is 1. The van der Waals surface area contributed by atoms with Crippen LogP contribution in [0.1, 0.15) is 23.9 Å². The van der Waals surface area contributed by atoms with Gasteiger partial charge in [-0.2, -0.15) is 0 Å². The van der Waals surface area contributed by atoms with E-state index < -0.39 is 0 Å². The fourth-order valence-electron chi connectivity index (χ4n) is 3.01. The van der Waals surface area contributed by atoms with Crippen molar-refractivity contribution in [3.8, 4) is 0 Å². The summed E-state index contributed by atoms with van der Waals surface area (Å²) in [5.41, 5.74) is 9.37. The highest BCUT2D eigenvalue weighted by Gasteiger charge is 2.26. The zero-order valence-electron chi connectivity index (χ0n) is 16.5. The molecule has 0 saturated carbocycles. The molecule has 1 atom stereocenters. The predicted octanol–water partition coefficient (Wildman–Crippen LogP) is 5.79. The van der Waals surface area contributed by atoms with Crippen molar-refractivity contribution < 1.29 is 4.52 Å². The number of nitrogens with two attached hydrogens (primary N) is 1. The topological polar surface area (TPSA) is 68.2 Å². The second kappa shape index (κ2) is 8.87. The summed E-state index contributed by atoms with van der Waals surface area (Å²) in [5.74, 6) is 2.57. The summed E-state index contributed by atoms with van der Waals surface area (Å²) in [6, 6.07) is 12.5. The first-order valence-electron chi connectivity index (χ1n) is 9.17. The molecule has 0 aliphatic carbocycles. The van der Waals surface area contributed by atoms with Gasteiger partial charge >= 0.3 is 0 Å². The Balaban J connectivity index is 1.64. The first-order valence-corrected chi connectivity index (χ1v) is 11.9. The standard InChI is InChI=1S/C21H22N4OS3/c1-13-11-28-21(22)25(13)20-19(29-16-7-5-4-6-8-16)9-17(10-23-20)27-12-18-14(2)24-26-15(18)3/h4-11,21H,12,22H2,1-3H3. The van der Waals surface area contributed by atoms with E-state index in [0.29, 0.717) is 0 Å². The molecule has 0 amide bonds. The van der Waals surface area contributed by atoms with Crippen LogP contribution in [0, 0.1) is 13.8 Å². The van der Waals surface area contributed by atoms with Crippen LogP contribution >= 0.6 is 35.3 Å². The largest absolute Gasteiger partial charge is 0.361 e. The van der Waals surface area contributed by atoms with Gasteiger partial charge in [0.05, 0.1) is 10.6 Å². The number of aromatic nitrogens is 2. The molecule has 1 unspecified atom stereocenters. The quantitative estimate of drug-likeness (QED) is 0.481. The molecule has 2 aromatic heterocycles. The molecule has 0 saturated heterocycles. The summed E-state index contributed by atoms with van der Waals surface area (Å²) in [7, 11) is 0. The summed E-state index contributed by atoms with van der Waals surface area (Å²) in [6.45, 7) is 6.00. The SMILES string of the molecule is CC1=CSC(N)N1c1ncc(SCc2c(C)noc2C)cc1Sc1ccccc1. The van der Waals surface area contributed by atoms with Crippen LogP contribution in [-0.2, 0) is 5.75 Å². The van der Waals surface area contributed by atoms with Gasteiger partial charge in [0.15, 0.2) is 0 Å². The zero-order valence-corrected chi connectivity index (χ0v) is 18.9. The summed E-state index contributed by atoms with van der Waals surface area (Å²) in [4.78, 5) is 10.3. The van der Waals surface area contributed by atoms with E-state index >= 15 is 0 Å². The maximum atomic E-state index is 6.32. The molecule has 1 aliphatic rings. The Morgan fingerprint density at radius 1 is 1.17 bits per heavy atom. The number of rotatable bonds is 6. The lowest BCUT2D eigenvalue weighted by Crippen LogP contribution is -2.35. The molecule has 3 aromatic rings. The summed E-state index contributed by atoms with van der Waals surface area (Å²) in [6.07, 6.45) is 1.93. The second-order valence-corrected chi connectivity index (χ2v) is 9.81. The smallest absolute Gasteiger partial charge is 0.148 e. The van der Waals surface area contributed by atoms with E-state index in [9.17, 15) is 0 Å². The first-order chi connectivity index (χ1) is 14.0.